The van der Waals surface area contributed by atoms with Crippen LogP contribution < -0.4 is 10.8 Å². The second kappa shape index (κ2) is 3.15. The number of benzene rings is 1. The molecule has 1 rings (SSSR count). The Morgan fingerprint density at radius 2 is 1.78 bits per heavy atom. The highest BCUT2D eigenvalue weighted by molar-refractivity contribution is 6.05. The van der Waals surface area contributed by atoms with E-state index >= 15 is 0 Å². The summed E-state index contributed by atoms with van der Waals surface area (Å²) in [5, 5.41) is 2.33. The zero-order chi connectivity index (χ0) is 6.53. The summed E-state index contributed by atoms with van der Waals surface area (Å²) < 4.78 is 0. The van der Waals surface area contributed by atoms with Crippen LogP contribution >= 0.6 is 0 Å². The molecule has 0 aliphatic heterocycles. The fraction of sp³-hybridized carbons (Fsp3) is 0. The molecule has 0 spiro atoms. The molecule has 0 saturated heterocycles. The van der Waals surface area contributed by atoms with E-state index in [4.69, 9.17) is 7.98 Å². The average molecular weight is 118 g/mol. The van der Waals surface area contributed by atoms with Crippen LogP contribution in [0.4, 0.5) is 5.69 Å². The van der Waals surface area contributed by atoms with E-state index in [9.17, 15) is 0 Å². The van der Waals surface area contributed by atoms with Gasteiger partial charge in [-0.1, -0.05) is 18.2 Å². The van der Waals surface area contributed by atoms with Gasteiger partial charge in [0.15, 0.2) is 0 Å². The summed E-state index contributed by atoms with van der Waals surface area (Å²) in [5.41, 5.74) is 3.69. The van der Waals surface area contributed by atoms with Gasteiger partial charge in [0.2, 0.25) is 7.98 Å². The maximum absolute atomic E-state index is 5.00. The largest absolute Gasteiger partial charge is 0.333 e. The van der Waals surface area contributed by atoms with Gasteiger partial charge in [-0.05, 0) is 12.1 Å². The molecule has 2 N–H and O–H groups in total. The van der Waals surface area contributed by atoms with Gasteiger partial charge in [-0.2, -0.15) is 0 Å². The Morgan fingerprint density at radius 1 is 1.11 bits per heavy atom. The Morgan fingerprint density at radius 3 is 2.33 bits per heavy atom. The number of hydrogen-bond acceptors (Lipinski definition) is 2. The molecule has 1 aromatic rings. The summed E-state index contributed by atoms with van der Waals surface area (Å²) in [6, 6.07) is 9.64. The lowest BCUT2D eigenvalue weighted by atomic mass is 10.3. The minimum absolute atomic E-state index is 0.958. The molecule has 0 unspecified atom stereocenters. The van der Waals surface area contributed by atoms with Crippen LogP contribution in [0.25, 0.3) is 0 Å². The number of hydrazine groups is 1. The zero-order valence-corrected chi connectivity index (χ0v) is 4.96. The number of hydrogen-bond donors (Lipinski definition) is 2. The smallest absolute Gasteiger partial charge is 0.209 e. The van der Waals surface area contributed by atoms with Crippen LogP contribution in [-0.2, 0) is 0 Å². The van der Waals surface area contributed by atoms with Crippen LogP contribution in [0.3, 0.4) is 0 Å². The first-order valence-electron chi connectivity index (χ1n) is 2.70. The summed E-state index contributed by atoms with van der Waals surface area (Å²) in [6.07, 6.45) is 0. The lowest BCUT2D eigenvalue weighted by Gasteiger charge is -2.01. The van der Waals surface area contributed by atoms with Gasteiger partial charge in [0, 0.05) is 5.69 Å². The van der Waals surface area contributed by atoms with Crippen molar-refractivity contribution in [3.05, 3.63) is 30.3 Å². The summed E-state index contributed by atoms with van der Waals surface area (Å²) >= 11 is 0. The molecule has 0 bridgehead atoms. The molecule has 1 aromatic carbocycles. The molecular weight excluding hydrogens is 111 g/mol. The third-order valence-corrected chi connectivity index (χ3v) is 0.990. The van der Waals surface area contributed by atoms with Crippen molar-refractivity contribution >= 4 is 13.7 Å². The van der Waals surface area contributed by atoms with Crippen LogP contribution in [0.15, 0.2) is 30.3 Å². The molecule has 2 radical (unpaired) electrons. The van der Waals surface area contributed by atoms with Crippen molar-refractivity contribution in [3.63, 3.8) is 0 Å². The van der Waals surface area contributed by atoms with Gasteiger partial charge in [-0.15, -0.1) is 0 Å². The second-order valence-electron chi connectivity index (χ2n) is 1.64. The van der Waals surface area contributed by atoms with Crippen LogP contribution in [0.1, 0.15) is 0 Å². The fourth-order valence-corrected chi connectivity index (χ4v) is 0.605. The van der Waals surface area contributed by atoms with E-state index in [2.05, 4.69) is 10.8 Å². The minimum Gasteiger partial charge on any atom is -0.333 e. The summed E-state index contributed by atoms with van der Waals surface area (Å²) in [7, 11) is 5.00. The van der Waals surface area contributed by atoms with E-state index in [0.717, 1.165) is 5.69 Å². The van der Waals surface area contributed by atoms with Crippen molar-refractivity contribution in [3.8, 4) is 0 Å². The standard InChI is InChI=1S/C6H7BN2/c7-9-8-6-4-2-1-3-5-6/h1-5,8-9H. The molecular formula is C6H7BN2. The van der Waals surface area contributed by atoms with Gasteiger partial charge in [-0.25, -0.2) is 0 Å². The van der Waals surface area contributed by atoms with Crippen LogP contribution in [0, 0.1) is 0 Å². The number of para-hydroxylation sites is 1. The molecule has 0 aliphatic carbocycles. The third kappa shape index (κ3) is 1.78. The summed E-state index contributed by atoms with van der Waals surface area (Å²) in [5.74, 6) is 0. The Hall–Kier alpha value is -0.955. The first-order valence-corrected chi connectivity index (χ1v) is 2.70. The molecule has 0 aromatic heterocycles. The van der Waals surface area contributed by atoms with Gasteiger partial charge in [-0.3, -0.25) is 5.34 Å². The first-order chi connectivity index (χ1) is 4.43. The fourth-order valence-electron chi connectivity index (χ4n) is 0.605. The Labute approximate surface area is 55.7 Å². The Balaban J connectivity index is 2.61. The van der Waals surface area contributed by atoms with Crippen molar-refractivity contribution in [2.75, 3.05) is 5.43 Å². The van der Waals surface area contributed by atoms with Crippen molar-refractivity contribution in [1.29, 1.82) is 0 Å². The van der Waals surface area contributed by atoms with Gasteiger partial charge in [0.05, 0.1) is 0 Å². The minimum atomic E-state index is 0.958. The van der Waals surface area contributed by atoms with Crippen molar-refractivity contribution in [2.45, 2.75) is 0 Å². The monoisotopic (exact) mass is 118 g/mol. The molecule has 0 fully saturated rings. The lowest BCUT2D eigenvalue weighted by molar-refractivity contribution is 1.20. The number of anilines is 1. The van der Waals surface area contributed by atoms with Crippen molar-refractivity contribution in [2.24, 2.45) is 0 Å². The van der Waals surface area contributed by atoms with E-state index in [-0.39, 0.29) is 0 Å². The van der Waals surface area contributed by atoms with Crippen molar-refractivity contribution in [1.82, 2.24) is 5.34 Å². The molecule has 3 heteroatoms. The highest BCUT2D eigenvalue weighted by Crippen LogP contribution is 2.01. The second-order valence-corrected chi connectivity index (χ2v) is 1.64. The molecule has 0 atom stereocenters. The van der Waals surface area contributed by atoms with E-state index < -0.39 is 0 Å². The van der Waals surface area contributed by atoms with Gasteiger partial charge >= 0.3 is 0 Å². The topological polar surface area (TPSA) is 24.1 Å². The first kappa shape index (κ1) is 6.17. The van der Waals surface area contributed by atoms with E-state index in [1.165, 1.54) is 0 Å². The lowest BCUT2D eigenvalue weighted by Crippen LogP contribution is -2.16. The van der Waals surface area contributed by atoms with Gasteiger partial charge in [0.25, 0.3) is 0 Å². The van der Waals surface area contributed by atoms with E-state index in [0.29, 0.717) is 0 Å². The Bertz CT molecular complexity index is 164. The quantitative estimate of drug-likeness (QED) is 0.440. The van der Waals surface area contributed by atoms with Gasteiger partial charge in [0.1, 0.15) is 0 Å². The third-order valence-electron chi connectivity index (χ3n) is 0.990. The predicted octanol–water partition coefficient (Wildman–Crippen LogP) is 0.687. The predicted molar refractivity (Wildman–Crippen MR) is 39.0 cm³/mol. The molecule has 0 aliphatic rings. The van der Waals surface area contributed by atoms with Crippen LogP contribution in [-0.4, -0.2) is 7.98 Å². The highest BCUT2D eigenvalue weighted by atomic mass is 15.3. The van der Waals surface area contributed by atoms with E-state index in [1.807, 2.05) is 30.3 Å². The number of rotatable bonds is 2. The molecule has 2 nitrogen and oxygen atoms in total. The molecule has 44 valence electrons. The normalized spacial score (nSPS) is 8.89. The molecule has 0 amide bonds. The van der Waals surface area contributed by atoms with Gasteiger partial charge < -0.3 is 5.43 Å². The average Bonchev–Trinajstić information content (AvgIpc) is 1.91. The maximum Gasteiger partial charge on any atom is 0.209 e. The van der Waals surface area contributed by atoms with Crippen molar-refractivity contribution < 1.29 is 0 Å². The van der Waals surface area contributed by atoms with Crippen LogP contribution in [0.2, 0.25) is 0 Å². The summed E-state index contributed by atoms with van der Waals surface area (Å²) in [4.78, 5) is 0. The van der Waals surface area contributed by atoms with Crippen LogP contribution in [0.5, 0.6) is 0 Å². The Kier molecular flexibility index (Phi) is 2.16. The summed E-state index contributed by atoms with van der Waals surface area (Å²) in [6.45, 7) is 0. The SMILES string of the molecule is [B]NNc1ccccc1. The highest BCUT2D eigenvalue weighted by Gasteiger charge is 1.80. The zero-order valence-electron chi connectivity index (χ0n) is 4.96. The number of nitrogens with one attached hydrogen (secondary N) is 2. The maximum atomic E-state index is 5.00. The molecule has 0 heterocycles. The molecule has 9 heavy (non-hydrogen) atoms. The molecule has 0 saturated carbocycles. The van der Waals surface area contributed by atoms with E-state index in [1.54, 1.807) is 0 Å².